The number of nitrogens with zero attached hydrogens (tertiary/aromatic N) is 1. The number of hydrogen-bond acceptors (Lipinski definition) is 2. The van der Waals surface area contributed by atoms with Crippen molar-refractivity contribution < 1.29 is 9.53 Å². The number of aromatic nitrogens is 1. The molecule has 122 valence electrons. The molecule has 22 heavy (non-hydrogen) atoms. The average molecular weight is 304 g/mol. The Morgan fingerprint density at radius 1 is 1.27 bits per heavy atom. The number of amides is 1. The van der Waals surface area contributed by atoms with E-state index in [1.807, 2.05) is 17.9 Å². The fraction of sp³-hybridized carbons (Fsp3) is 0.722. The molecule has 1 aliphatic carbocycles. The van der Waals surface area contributed by atoms with Gasteiger partial charge in [-0.15, -0.1) is 0 Å². The summed E-state index contributed by atoms with van der Waals surface area (Å²) in [6.07, 6.45) is 4.56. The van der Waals surface area contributed by atoms with Gasteiger partial charge in [-0.1, -0.05) is 20.8 Å². The Kier molecular flexibility index (Phi) is 3.84. The Labute approximate surface area is 133 Å². The maximum atomic E-state index is 12.9. The van der Waals surface area contributed by atoms with Gasteiger partial charge in [0.1, 0.15) is 0 Å². The van der Waals surface area contributed by atoms with Gasteiger partial charge in [0.05, 0.1) is 17.8 Å². The third-order valence-electron chi connectivity index (χ3n) is 5.21. The predicted octanol–water partition coefficient (Wildman–Crippen LogP) is 3.41. The monoisotopic (exact) mass is 304 g/mol. The Morgan fingerprint density at radius 3 is 2.55 bits per heavy atom. The topological polar surface area (TPSA) is 45.3 Å². The highest BCUT2D eigenvalue weighted by molar-refractivity contribution is 5.95. The fourth-order valence-corrected chi connectivity index (χ4v) is 3.42. The largest absolute Gasteiger partial charge is 0.373 e. The van der Waals surface area contributed by atoms with Crippen molar-refractivity contribution in [3.63, 3.8) is 0 Å². The van der Waals surface area contributed by atoms with Gasteiger partial charge in [0.15, 0.2) is 0 Å². The highest BCUT2D eigenvalue weighted by Crippen LogP contribution is 2.39. The van der Waals surface area contributed by atoms with Crippen molar-refractivity contribution in [1.29, 1.82) is 0 Å². The van der Waals surface area contributed by atoms with E-state index in [0.717, 1.165) is 42.8 Å². The molecule has 2 heterocycles. The molecule has 4 heteroatoms. The first-order valence-corrected chi connectivity index (χ1v) is 8.44. The fourth-order valence-electron chi connectivity index (χ4n) is 3.42. The van der Waals surface area contributed by atoms with Crippen LogP contribution in [0.3, 0.4) is 0 Å². The van der Waals surface area contributed by atoms with Crippen LogP contribution in [0.1, 0.15) is 68.2 Å². The summed E-state index contributed by atoms with van der Waals surface area (Å²) in [5.41, 5.74) is 3.02. The number of aromatic amines is 1. The summed E-state index contributed by atoms with van der Waals surface area (Å²) in [6, 6.07) is 2.03. The van der Waals surface area contributed by atoms with Gasteiger partial charge in [0.25, 0.3) is 5.91 Å². The van der Waals surface area contributed by atoms with E-state index in [0.29, 0.717) is 13.2 Å². The highest BCUT2D eigenvalue weighted by Gasteiger charge is 2.40. The number of H-pyrrole nitrogens is 1. The predicted molar refractivity (Wildman–Crippen MR) is 87.3 cm³/mol. The Bertz CT molecular complexity index is 564. The van der Waals surface area contributed by atoms with Gasteiger partial charge in [-0.2, -0.15) is 0 Å². The third kappa shape index (κ3) is 2.81. The molecule has 1 aromatic rings. The molecular formula is C18H28N2O2. The molecule has 1 aliphatic heterocycles. The summed E-state index contributed by atoms with van der Waals surface area (Å²) < 4.78 is 6.03. The first-order valence-electron chi connectivity index (χ1n) is 8.44. The zero-order chi connectivity index (χ0) is 16.0. The second kappa shape index (κ2) is 5.41. The molecule has 0 atom stereocenters. The van der Waals surface area contributed by atoms with Gasteiger partial charge >= 0.3 is 0 Å². The van der Waals surface area contributed by atoms with Crippen molar-refractivity contribution in [2.75, 3.05) is 19.7 Å². The van der Waals surface area contributed by atoms with Crippen molar-refractivity contribution in [1.82, 2.24) is 9.88 Å². The molecule has 1 saturated heterocycles. The van der Waals surface area contributed by atoms with Gasteiger partial charge in [-0.25, -0.2) is 0 Å². The number of carbonyl (C=O) groups is 1. The lowest BCUT2D eigenvalue weighted by Gasteiger charge is -2.40. The van der Waals surface area contributed by atoms with E-state index in [1.165, 1.54) is 6.42 Å². The first kappa shape index (κ1) is 15.6. The van der Waals surface area contributed by atoms with Crippen molar-refractivity contribution in [3.05, 3.63) is 23.0 Å². The van der Waals surface area contributed by atoms with Gasteiger partial charge in [-0.05, 0) is 38.7 Å². The van der Waals surface area contributed by atoms with Crippen LogP contribution in [0.25, 0.3) is 0 Å². The first-order chi connectivity index (χ1) is 10.3. The van der Waals surface area contributed by atoms with Crippen LogP contribution in [0.5, 0.6) is 0 Å². The second-order valence-electron chi connectivity index (χ2n) is 7.90. The summed E-state index contributed by atoms with van der Waals surface area (Å²) in [6.45, 7) is 10.7. The van der Waals surface area contributed by atoms with Gasteiger partial charge < -0.3 is 14.6 Å². The Hall–Kier alpha value is -1.29. The van der Waals surface area contributed by atoms with E-state index >= 15 is 0 Å². The molecule has 1 saturated carbocycles. The molecule has 1 N–H and O–H groups in total. The maximum absolute atomic E-state index is 12.9. The minimum absolute atomic E-state index is 0.0289. The summed E-state index contributed by atoms with van der Waals surface area (Å²) in [4.78, 5) is 18.2. The zero-order valence-corrected chi connectivity index (χ0v) is 14.3. The molecule has 4 nitrogen and oxygen atoms in total. The van der Waals surface area contributed by atoms with Crippen molar-refractivity contribution in [3.8, 4) is 0 Å². The number of aryl methyl sites for hydroxylation is 1. The van der Waals surface area contributed by atoms with Gasteiger partial charge in [0.2, 0.25) is 0 Å². The van der Waals surface area contributed by atoms with Gasteiger partial charge in [-0.3, -0.25) is 4.79 Å². The number of nitrogens with one attached hydrogen (secondary N) is 1. The molecule has 0 aromatic carbocycles. The third-order valence-corrected chi connectivity index (χ3v) is 5.21. The molecule has 0 bridgehead atoms. The van der Waals surface area contributed by atoms with Crippen LogP contribution in [0.2, 0.25) is 0 Å². The molecule has 1 aromatic heterocycles. The van der Waals surface area contributed by atoms with Crippen LogP contribution < -0.4 is 0 Å². The second-order valence-corrected chi connectivity index (χ2v) is 7.90. The quantitative estimate of drug-likeness (QED) is 0.864. The summed E-state index contributed by atoms with van der Waals surface area (Å²) in [7, 11) is 0. The summed E-state index contributed by atoms with van der Waals surface area (Å²) >= 11 is 0. The Morgan fingerprint density at radius 2 is 2.00 bits per heavy atom. The van der Waals surface area contributed by atoms with E-state index in [2.05, 4.69) is 25.8 Å². The van der Waals surface area contributed by atoms with Crippen LogP contribution in [0, 0.1) is 6.92 Å². The SMILES string of the molecule is Cc1[nH]c(C(C)(C)C)cc1C(=O)N1CCOC2(CCC2)CC1. The standard InChI is InChI=1S/C18H28N2O2/c1-13-14(12-15(19-13)17(2,3)4)16(21)20-9-8-18(6-5-7-18)22-11-10-20/h12,19H,5-11H2,1-4H3. The minimum Gasteiger partial charge on any atom is -0.373 e. The van der Waals surface area contributed by atoms with Crippen LogP contribution in [-0.2, 0) is 10.2 Å². The summed E-state index contributed by atoms with van der Waals surface area (Å²) in [5.74, 6) is 0.143. The minimum atomic E-state index is 0.0289. The van der Waals surface area contributed by atoms with Crippen LogP contribution >= 0.6 is 0 Å². The smallest absolute Gasteiger partial charge is 0.255 e. The lowest BCUT2D eigenvalue weighted by molar-refractivity contribution is -0.0929. The Balaban J connectivity index is 1.75. The molecule has 0 radical (unpaired) electrons. The zero-order valence-electron chi connectivity index (χ0n) is 14.3. The van der Waals surface area contributed by atoms with Crippen LogP contribution in [0.15, 0.2) is 6.07 Å². The highest BCUT2D eigenvalue weighted by atomic mass is 16.5. The van der Waals surface area contributed by atoms with E-state index in [9.17, 15) is 4.79 Å². The molecule has 2 aliphatic rings. The molecule has 1 spiro atoms. The molecule has 0 unspecified atom stereocenters. The van der Waals surface area contributed by atoms with E-state index in [1.54, 1.807) is 0 Å². The number of rotatable bonds is 1. The molecular weight excluding hydrogens is 276 g/mol. The van der Waals surface area contributed by atoms with Crippen LogP contribution in [-0.4, -0.2) is 41.1 Å². The number of ether oxygens (including phenoxy) is 1. The normalized spacial score (nSPS) is 21.5. The molecule has 1 amide bonds. The number of carbonyl (C=O) groups excluding carboxylic acids is 1. The summed E-state index contributed by atoms with van der Waals surface area (Å²) in [5, 5.41) is 0. The van der Waals surface area contributed by atoms with Gasteiger partial charge in [0, 0.05) is 29.9 Å². The maximum Gasteiger partial charge on any atom is 0.255 e. The van der Waals surface area contributed by atoms with E-state index in [-0.39, 0.29) is 16.9 Å². The van der Waals surface area contributed by atoms with Crippen molar-refractivity contribution in [2.45, 2.75) is 64.4 Å². The van der Waals surface area contributed by atoms with Crippen LogP contribution in [0.4, 0.5) is 0 Å². The lowest BCUT2D eigenvalue weighted by atomic mass is 9.77. The number of hydrogen-bond donors (Lipinski definition) is 1. The lowest BCUT2D eigenvalue weighted by Crippen LogP contribution is -2.40. The van der Waals surface area contributed by atoms with Crippen molar-refractivity contribution in [2.24, 2.45) is 0 Å². The molecule has 3 rings (SSSR count). The van der Waals surface area contributed by atoms with Crippen molar-refractivity contribution >= 4 is 5.91 Å². The molecule has 2 fully saturated rings. The van der Waals surface area contributed by atoms with E-state index in [4.69, 9.17) is 4.74 Å². The average Bonchev–Trinajstić information content (AvgIpc) is 2.67. The van der Waals surface area contributed by atoms with E-state index < -0.39 is 0 Å².